The van der Waals surface area contributed by atoms with Crippen molar-refractivity contribution in [2.24, 2.45) is 0 Å². The topological polar surface area (TPSA) is 51.2 Å². The molecular formula is C9Br3Cl3O3. The Hall–Kier alpha value is 0.540. The van der Waals surface area contributed by atoms with Gasteiger partial charge in [-0.3, -0.25) is 14.4 Å². The van der Waals surface area contributed by atoms with Crippen LogP contribution in [-0.4, -0.2) is 15.7 Å². The third-order valence-electron chi connectivity index (χ3n) is 1.91. The second-order valence-electron chi connectivity index (χ2n) is 2.89. The molecule has 0 aromatic heterocycles. The van der Waals surface area contributed by atoms with E-state index in [0.717, 1.165) is 0 Å². The lowest BCUT2D eigenvalue weighted by molar-refractivity contribution is 0.107. The molecule has 0 heterocycles. The van der Waals surface area contributed by atoms with Crippen LogP contribution in [0, 0.1) is 0 Å². The molecular weight excluding hydrogens is 502 g/mol. The SMILES string of the molecule is O=C(Cl)c1c(Br)c(C(=O)Cl)c(Br)c(C(=O)Cl)c1Br. The predicted octanol–water partition coefficient (Wildman–Crippen LogP) is 5.11. The number of hydrogen-bond acceptors (Lipinski definition) is 3. The summed E-state index contributed by atoms with van der Waals surface area (Å²) in [7, 11) is 0. The summed E-state index contributed by atoms with van der Waals surface area (Å²) >= 11 is 25.3. The number of hydrogen-bond donors (Lipinski definition) is 0. The predicted molar refractivity (Wildman–Crippen MR) is 80.1 cm³/mol. The van der Waals surface area contributed by atoms with Crippen LogP contribution < -0.4 is 0 Å². The Balaban J connectivity index is 3.94. The molecule has 0 unspecified atom stereocenters. The lowest BCUT2D eigenvalue weighted by atomic mass is 10.1. The fraction of sp³-hybridized carbons (Fsp3) is 0. The molecule has 3 nitrogen and oxygen atoms in total. The molecule has 0 aliphatic carbocycles. The van der Waals surface area contributed by atoms with Crippen molar-refractivity contribution in [1.29, 1.82) is 0 Å². The van der Waals surface area contributed by atoms with Crippen LogP contribution >= 0.6 is 82.6 Å². The average molecular weight is 502 g/mol. The molecule has 0 amide bonds. The summed E-state index contributed by atoms with van der Waals surface area (Å²) in [6, 6.07) is 0. The standard InChI is InChI=1S/C9Br3Cl3O3/c10-4-1(7(13)16)5(11)3(9(15)18)6(12)2(4)8(14)17. The number of carbonyl (C=O) groups excluding carboxylic acids is 3. The highest BCUT2D eigenvalue weighted by Crippen LogP contribution is 2.40. The summed E-state index contributed by atoms with van der Waals surface area (Å²) in [6.07, 6.45) is 0. The van der Waals surface area contributed by atoms with Gasteiger partial charge in [0.25, 0.3) is 15.7 Å². The van der Waals surface area contributed by atoms with Crippen molar-refractivity contribution in [3.8, 4) is 0 Å². The average Bonchev–Trinajstić information content (AvgIpc) is 2.14. The van der Waals surface area contributed by atoms with Crippen molar-refractivity contribution in [2.45, 2.75) is 0 Å². The molecule has 0 aliphatic heterocycles. The van der Waals surface area contributed by atoms with Crippen molar-refractivity contribution in [1.82, 2.24) is 0 Å². The number of carbonyl (C=O) groups is 3. The molecule has 1 aromatic rings. The van der Waals surface area contributed by atoms with Gasteiger partial charge in [0.2, 0.25) is 0 Å². The van der Waals surface area contributed by atoms with Gasteiger partial charge in [0, 0.05) is 13.4 Å². The minimum atomic E-state index is -0.875. The Morgan fingerprint density at radius 2 is 0.778 bits per heavy atom. The zero-order chi connectivity index (χ0) is 14.2. The third-order valence-corrected chi connectivity index (χ3v) is 4.85. The Bertz CT molecular complexity index is 484. The number of halogens is 6. The molecule has 0 N–H and O–H groups in total. The van der Waals surface area contributed by atoms with E-state index in [4.69, 9.17) is 34.8 Å². The van der Waals surface area contributed by atoms with Crippen LogP contribution in [0.5, 0.6) is 0 Å². The van der Waals surface area contributed by atoms with E-state index in [-0.39, 0.29) is 30.1 Å². The molecule has 18 heavy (non-hydrogen) atoms. The molecule has 9 heteroatoms. The van der Waals surface area contributed by atoms with E-state index in [1.165, 1.54) is 0 Å². The zero-order valence-corrected chi connectivity index (χ0v) is 15.0. The van der Waals surface area contributed by atoms with Crippen molar-refractivity contribution < 1.29 is 14.4 Å². The summed E-state index contributed by atoms with van der Waals surface area (Å²) in [5.74, 6) is 0. The highest BCUT2D eigenvalue weighted by molar-refractivity contribution is 9.11. The van der Waals surface area contributed by atoms with E-state index in [2.05, 4.69) is 47.8 Å². The van der Waals surface area contributed by atoms with Gasteiger partial charge in [-0.1, -0.05) is 0 Å². The van der Waals surface area contributed by atoms with Crippen molar-refractivity contribution in [3.05, 3.63) is 30.1 Å². The minimum Gasteiger partial charge on any atom is -0.276 e. The van der Waals surface area contributed by atoms with E-state index in [1.807, 2.05) is 0 Å². The van der Waals surface area contributed by atoms with Crippen LogP contribution in [0.2, 0.25) is 0 Å². The van der Waals surface area contributed by atoms with Gasteiger partial charge in [0.15, 0.2) is 0 Å². The summed E-state index contributed by atoms with van der Waals surface area (Å²) in [5.41, 5.74) is -0.311. The number of benzene rings is 1. The molecule has 96 valence electrons. The van der Waals surface area contributed by atoms with E-state index in [0.29, 0.717) is 0 Å². The fourth-order valence-electron chi connectivity index (χ4n) is 1.18. The van der Waals surface area contributed by atoms with Gasteiger partial charge in [-0.15, -0.1) is 0 Å². The van der Waals surface area contributed by atoms with Crippen LogP contribution in [0.25, 0.3) is 0 Å². The summed E-state index contributed by atoms with van der Waals surface area (Å²) < 4.78 is 0.216. The van der Waals surface area contributed by atoms with Crippen LogP contribution in [0.1, 0.15) is 31.1 Å². The van der Waals surface area contributed by atoms with Gasteiger partial charge in [0.1, 0.15) is 0 Å². The zero-order valence-electron chi connectivity index (χ0n) is 7.99. The Morgan fingerprint density at radius 3 is 0.889 bits per heavy atom. The minimum absolute atomic E-state index is 0.0721. The van der Waals surface area contributed by atoms with Gasteiger partial charge in [-0.2, -0.15) is 0 Å². The molecule has 0 fully saturated rings. The first-order chi connectivity index (χ1) is 8.20. The summed E-state index contributed by atoms with van der Waals surface area (Å²) in [6.45, 7) is 0. The lowest BCUT2D eigenvalue weighted by Crippen LogP contribution is -2.07. The monoisotopic (exact) mass is 498 g/mol. The molecule has 0 aliphatic rings. The second kappa shape index (κ2) is 6.33. The first kappa shape index (κ1) is 16.6. The van der Waals surface area contributed by atoms with Crippen LogP contribution in [0.15, 0.2) is 13.4 Å². The normalized spacial score (nSPS) is 10.3. The van der Waals surface area contributed by atoms with Gasteiger partial charge >= 0.3 is 0 Å². The Labute approximate surface area is 142 Å². The van der Waals surface area contributed by atoms with E-state index in [9.17, 15) is 14.4 Å². The summed E-state index contributed by atoms with van der Waals surface area (Å²) in [4.78, 5) is 34.0. The van der Waals surface area contributed by atoms with Crippen LogP contribution in [-0.2, 0) is 0 Å². The quantitative estimate of drug-likeness (QED) is 0.540. The van der Waals surface area contributed by atoms with Gasteiger partial charge < -0.3 is 0 Å². The van der Waals surface area contributed by atoms with Crippen molar-refractivity contribution in [2.75, 3.05) is 0 Å². The van der Waals surface area contributed by atoms with E-state index in [1.54, 1.807) is 0 Å². The van der Waals surface area contributed by atoms with Gasteiger partial charge in [-0.05, 0) is 82.6 Å². The maximum Gasteiger partial charge on any atom is 0.254 e. The van der Waals surface area contributed by atoms with E-state index < -0.39 is 15.7 Å². The molecule has 0 radical (unpaired) electrons. The van der Waals surface area contributed by atoms with Gasteiger partial charge in [-0.25, -0.2) is 0 Å². The molecule has 1 aromatic carbocycles. The van der Waals surface area contributed by atoms with Crippen molar-refractivity contribution in [3.63, 3.8) is 0 Å². The molecule has 0 saturated carbocycles. The van der Waals surface area contributed by atoms with Crippen LogP contribution in [0.3, 0.4) is 0 Å². The largest absolute Gasteiger partial charge is 0.276 e. The first-order valence-corrected chi connectivity index (χ1v) is 7.51. The van der Waals surface area contributed by atoms with Crippen LogP contribution in [0.4, 0.5) is 0 Å². The van der Waals surface area contributed by atoms with E-state index >= 15 is 0 Å². The summed E-state index contributed by atoms with van der Waals surface area (Å²) in [5, 5.41) is -2.63. The maximum atomic E-state index is 11.3. The molecule has 0 atom stereocenters. The molecule has 1 rings (SSSR count). The Morgan fingerprint density at radius 1 is 0.611 bits per heavy atom. The molecule has 0 saturated heterocycles. The third kappa shape index (κ3) is 2.99. The second-order valence-corrected chi connectivity index (χ2v) is 6.30. The fourth-order valence-corrected chi connectivity index (χ4v) is 5.50. The first-order valence-electron chi connectivity index (χ1n) is 4.00. The number of rotatable bonds is 3. The molecule has 0 bridgehead atoms. The highest BCUT2D eigenvalue weighted by atomic mass is 79.9. The smallest absolute Gasteiger partial charge is 0.254 e. The lowest BCUT2D eigenvalue weighted by Gasteiger charge is -2.13. The Kier molecular flexibility index (Phi) is 5.83. The maximum absolute atomic E-state index is 11.3. The highest BCUT2D eigenvalue weighted by Gasteiger charge is 2.28. The van der Waals surface area contributed by atoms with Crippen molar-refractivity contribution >= 4 is 98.3 Å². The molecule has 0 spiro atoms. The van der Waals surface area contributed by atoms with Gasteiger partial charge in [0.05, 0.1) is 16.7 Å².